The van der Waals surface area contributed by atoms with E-state index < -0.39 is 23.7 Å². The summed E-state index contributed by atoms with van der Waals surface area (Å²) in [6.07, 6.45) is 7.70. The molecule has 1 aliphatic carbocycles. The van der Waals surface area contributed by atoms with Crippen LogP contribution in [0, 0.1) is 11.8 Å². The quantitative estimate of drug-likeness (QED) is 0.340. The number of morpholine rings is 1. The Morgan fingerprint density at radius 1 is 1.05 bits per heavy atom. The van der Waals surface area contributed by atoms with E-state index in [1.165, 1.54) is 19.3 Å². The normalized spacial score (nSPS) is 18.7. The van der Waals surface area contributed by atoms with Crippen LogP contribution in [0.25, 0.3) is 11.5 Å². The second-order valence-electron chi connectivity index (χ2n) is 10.1. The molecule has 2 atom stereocenters. The predicted molar refractivity (Wildman–Crippen MR) is 138 cm³/mol. The number of hydrogen-bond acceptors (Lipinski definition) is 8. The maximum atomic E-state index is 13.4. The van der Waals surface area contributed by atoms with Crippen molar-refractivity contribution >= 4 is 17.5 Å². The lowest BCUT2D eigenvalue weighted by Crippen LogP contribution is -2.48. The number of ether oxygens (including phenoxy) is 1. The van der Waals surface area contributed by atoms with Gasteiger partial charge in [-0.3, -0.25) is 19.3 Å². The highest BCUT2D eigenvalue weighted by Gasteiger charge is 2.33. The van der Waals surface area contributed by atoms with E-state index in [4.69, 9.17) is 9.15 Å². The minimum atomic E-state index is -0.843. The Morgan fingerprint density at radius 2 is 1.78 bits per heavy atom. The molecule has 2 unspecified atom stereocenters. The van der Waals surface area contributed by atoms with Crippen molar-refractivity contribution in [2.24, 2.45) is 11.8 Å². The van der Waals surface area contributed by atoms with Gasteiger partial charge in [0.1, 0.15) is 0 Å². The summed E-state index contributed by atoms with van der Waals surface area (Å²) in [7, 11) is 0. The number of rotatable bonds is 12. The maximum absolute atomic E-state index is 13.4. The molecule has 0 spiro atoms. The molecule has 1 N–H and O–H groups in total. The molecule has 1 aromatic heterocycles. The minimum Gasteiger partial charge on any atom is -0.414 e. The van der Waals surface area contributed by atoms with Crippen LogP contribution in [-0.2, 0) is 14.3 Å². The first-order valence-electron chi connectivity index (χ1n) is 13.6. The Kier molecular flexibility index (Phi) is 9.96. The van der Waals surface area contributed by atoms with Crippen LogP contribution < -0.4 is 5.32 Å². The lowest BCUT2D eigenvalue weighted by atomic mass is 9.83. The summed E-state index contributed by atoms with van der Waals surface area (Å²) in [5.41, 5.74) is 0.711. The molecular formula is C28H38N4O5. The zero-order valence-electron chi connectivity index (χ0n) is 21.7. The average Bonchev–Trinajstić information content (AvgIpc) is 3.43. The predicted octanol–water partition coefficient (Wildman–Crippen LogP) is 3.69. The lowest BCUT2D eigenvalue weighted by Gasteiger charge is -2.28. The Hall–Kier alpha value is -2.91. The molecule has 1 saturated carbocycles. The van der Waals surface area contributed by atoms with Crippen LogP contribution >= 0.6 is 0 Å². The van der Waals surface area contributed by atoms with Gasteiger partial charge in [0.05, 0.1) is 31.7 Å². The Balaban J connectivity index is 1.42. The first-order valence-corrected chi connectivity index (χ1v) is 13.6. The molecule has 37 heavy (non-hydrogen) atoms. The van der Waals surface area contributed by atoms with Crippen LogP contribution in [0.5, 0.6) is 0 Å². The number of nitrogens with zero attached hydrogens (tertiary/aromatic N) is 3. The van der Waals surface area contributed by atoms with E-state index in [1.807, 2.05) is 42.2 Å². The number of hydrogen-bond donors (Lipinski definition) is 1. The van der Waals surface area contributed by atoms with E-state index in [2.05, 4.69) is 15.5 Å². The zero-order chi connectivity index (χ0) is 26.0. The van der Waals surface area contributed by atoms with Crippen LogP contribution in [0.2, 0.25) is 0 Å². The molecule has 200 valence electrons. The summed E-state index contributed by atoms with van der Waals surface area (Å²) in [6, 6.07) is 8.36. The maximum Gasteiger partial charge on any atom is 0.286 e. The van der Waals surface area contributed by atoms with Crippen molar-refractivity contribution < 1.29 is 23.5 Å². The van der Waals surface area contributed by atoms with Crippen LogP contribution in [0.3, 0.4) is 0 Å². The van der Waals surface area contributed by atoms with Gasteiger partial charge in [-0.15, -0.1) is 10.2 Å². The third-order valence-electron chi connectivity index (χ3n) is 7.47. The molecule has 1 aliphatic heterocycles. The van der Waals surface area contributed by atoms with Crippen molar-refractivity contribution in [1.29, 1.82) is 0 Å². The lowest BCUT2D eigenvalue weighted by molar-refractivity contribution is -0.136. The number of benzene rings is 1. The number of nitrogens with one attached hydrogen (secondary N) is 1. The fraction of sp³-hybridized carbons (Fsp3) is 0.607. The topological polar surface area (TPSA) is 115 Å². The Bertz CT molecular complexity index is 1030. The van der Waals surface area contributed by atoms with Crippen LogP contribution in [0.15, 0.2) is 34.7 Å². The van der Waals surface area contributed by atoms with Gasteiger partial charge >= 0.3 is 0 Å². The highest BCUT2D eigenvalue weighted by atomic mass is 16.5. The number of amides is 1. The first-order chi connectivity index (χ1) is 18.0. The largest absolute Gasteiger partial charge is 0.414 e. The Morgan fingerprint density at radius 3 is 2.49 bits per heavy atom. The van der Waals surface area contributed by atoms with Crippen molar-refractivity contribution in [2.75, 3.05) is 32.8 Å². The number of aromatic nitrogens is 2. The van der Waals surface area contributed by atoms with Crippen molar-refractivity contribution in [1.82, 2.24) is 20.4 Å². The minimum absolute atomic E-state index is 0.0957. The summed E-state index contributed by atoms with van der Waals surface area (Å²) in [4.78, 5) is 42.0. The highest BCUT2D eigenvalue weighted by molar-refractivity contribution is 6.05. The first kappa shape index (κ1) is 27.1. The van der Waals surface area contributed by atoms with Gasteiger partial charge in [0.15, 0.2) is 5.78 Å². The second-order valence-corrected chi connectivity index (χ2v) is 10.1. The fourth-order valence-electron chi connectivity index (χ4n) is 5.20. The van der Waals surface area contributed by atoms with Crippen LogP contribution in [0.1, 0.15) is 69.0 Å². The third-order valence-corrected chi connectivity index (χ3v) is 7.47. The fourth-order valence-corrected chi connectivity index (χ4v) is 5.20. The number of ketones is 2. The molecule has 2 heterocycles. The summed E-state index contributed by atoms with van der Waals surface area (Å²) in [6.45, 7) is 4.58. The molecule has 9 nitrogen and oxygen atoms in total. The van der Waals surface area contributed by atoms with Crippen LogP contribution in [-0.4, -0.2) is 71.5 Å². The van der Waals surface area contributed by atoms with Gasteiger partial charge in [-0.2, -0.15) is 0 Å². The third kappa shape index (κ3) is 7.55. The van der Waals surface area contributed by atoms with Gasteiger partial charge in [0, 0.05) is 18.7 Å². The van der Waals surface area contributed by atoms with E-state index in [1.54, 1.807) is 0 Å². The van der Waals surface area contributed by atoms with E-state index >= 15 is 0 Å². The standard InChI is InChI=1S/C28H38N4O5/c1-2-23(25(34)28-31-30-27(37-28)21-11-7-4-8-12-21)29-26(35)22(14-13-20-9-5-3-6-10-20)24(33)19-32-15-17-36-18-16-32/h4,7-8,11-12,20,22-23H,2-3,5-6,9-10,13-19H2,1H3,(H,29,35). The molecule has 1 aromatic carbocycles. The van der Waals surface area contributed by atoms with E-state index in [9.17, 15) is 14.4 Å². The summed E-state index contributed by atoms with van der Waals surface area (Å²) in [5, 5.41) is 10.8. The van der Waals surface area contributed by atoms with Gasteiger partial charge in [-0.05, 0) is 37.3 Å². The molecule has 2 aliphatic rings. The zero-order valence-corrected chi connectivity index (χ0v) is 21.7. The average molecular weight is 511 g/mol. The van der Waals surface area contributed by atoms with E-state index in [0.29, 0.717) is 50.6 Å². The molecule has 0 bridgehead atoms. The van der Waals surface area contributed by atoms with Crippen molar-refractivity contribution in [3.05, 3.63) is 36.2 Å². The summed E-state index contributed by atoms with van der Waals surface area (Å²) in [5.74, 6) is -1.07. The number of Topliss-reactive ketones (excluding diaryl/α,β-unsaturated/α-hetero) is 2. The summed E-state index contributed by atoms with van der Waals surface area (Å²) < 4.78 is 11.0. The van der Waals surface area contributed by atoms with Crippen molar-refractivity contribution in [2.45, 2.75) is 64.3 Å². The highest BCUT2D eigenvalue weighted by Crippen LogP contribution is 2.29. The monoisotopic (exact) mass is 510 g/mol. The molecular weight excluding hydrogens is 472 g/mol. The molecule has 0 radical (unpaired) electrons. The Labute approximate surface area is 218 Å². The van der Waals surface area contributed by atoms with E-state index in [-0.39, 0.29) is 24.1 Å². The van der Waals surface area contributed by atoms with Gasteiger partial charge in [-0.1, -0.05) is 57.2 Å². The van der Waals surface area contributed by atoms with Gasteiger partial charge in [0.2, 0.25) is 17.6 Å². The number of carbonyl (C=O) groups is 3. The molecule has 1 saturated heterocycles. The second kappa shape index (κ2) is 13.6. The molecule has 9 heteroatoms. The van der Waals surface area contributed by atoms with Crippen molar-refractivity contribution in [3.63, 3.8) is 0 Å². The van der Waals surface area contributed by atoms with Gasteiger partial charge in [0.25, 0.3) is 5.89 Å². The smallest absolute Gasteiger partial charge is 0.286 e. The molecule has 1 amide bonds. The SMILES string of the molecule is CCC(NC(=O)C(CCC1CCCCC1)C(=O)CN1CCOCC1)C(=O)c1nnc(-c2ccccc2)o1. The molecule has 2 aromatic rings. The van der Waals surface area contributed by atoms with Gasteiger partial charge < -0.3 is 14.5 Å². The molecule has 2 fully saturated rings. The van der Waals surface area contributed by atoms with Crippen molar-refractivity contribution in [3.8, 4) is 11.5 Å². The number of carbonyl (C=O) groups excluding carboxylic acids is 3. The molecule has 4 rings (SSSR count). The van der Waals surface area contributed by atoms with Gasteiger partial charge in [-0.25, -0.2) is 0 Å². The van der Waals surface area contributed by atoms with Crippen LogP contribution in [0.4, 0.5) is 0 Å². The summed E-state index contributed by atoms with van der Waals surface area (Å²) >= 11 is 0. The van der Waals surface area contributed by atoms with E-state index in [0.717, 1.165) is 19.3 Å².